The monoisotopic (exact) mass is 540 g/mol. The molecule has 0 spiro atoms. The maximum Gasteiger partial charge on any atom is 0.304 e. The van der Waals surface area contributed by atoms with Crippen LogP contribution >= 0.6 is 0 Å². The smallest absolute Gasteiger partial charge is 0.304 e. The number of pyridine rings is 1. The normalized spacial score (nSPS) is 18.4. The van der Waals surface area contributed by atoms with E-state index < -0.39 is 27.3 Å². The van der Waals surface area contributed by atoms with E-state index in [2.05, 4.69) is 14.8 Å². The highest BCUT2D eigenvalue weighted by Gasteiger charge is 2.36. The van der Waals surface area contributed by atoms with Crippen LogP contribution in [-0.2, 0) is 16.6 Å². The number of aromatic hydroxyl groups is 1. The number of hydrogen-bond acceptors (Lipinski definition) is 8. The minimum Gasteiger partial charge on any atom is -0.501 e. The van der Waals surface area contributed by atoms with Gasteiger partial charge in [0.25, 0.3) is 0 Å². The molecule has 4 heterocycles. The fourth-order valence-electron chi connectivity index (χ4n) is 4.82. The highest BCUT2D eigenvalue weighted by atomic mass is 32.2. The summed E-state index contributed by atoms with van der Waals surface area (Å²) in [4.78, 5) is 35.2. The van der Waals surface area contributed by atoms with Crippen molar-refractivity contribution in [2.45, 2.75) is 19.8 Å². The molecule has 0 radical (unpaired) electrons. The molecule has 202 valence electrons. The summed E-state index contributed by atoms with van der Waals surface area (Å²) in [7, 11) is -0.315. The largest absolute Gasteiger partial charge is 0.501 e. The van der Waals surface area contributed by atoms with E-state index in [4.69, 9.17) is 0 Å². The molecule has 12 heteroatoms. The minimum atomic E-state index is -3.84. The maximum absolute atomic E-state index is 13.4. The number of piperazine rings is 1. The van der Waals surface area contributed by atoms with E-state index in [1.807, 2.05) is 38.2 Å². The van der Waals surface area contributed by atoms with Gasteiger partial charge in [0.05, 0.1) is 11.4 Å². The lowest BCUT2D eigenvalue weighted by Gasteiger charge is -2.34. The maximum atomic E-state index is 13.4. The van der Waals surface area contributed by atoms with E-state index in [0.29, 0.717) is 25.2 Å². The van der Waals surface area contributed by atoms with Gasteiger partial charge in [0, 0.05) is 58.9 Å². The summed E-state index contributed by atoms with van der Waals surface area (Å²) >= 11 is 0. The van der Waals surface area contributed by atoms with Crippen LogP contribution < -0.4 is 14.8 Å². The number of carbonyl (C=O) groups is 1. The van der Waals surface area contributed by atoms with E-state index in [1.165, 1.54) is 15.7 Å². The Hall–Kier alpha value is -3.48. The molecule has 0 aliphatic carbocycles. The summed E-state index contributed by atoms with van der Waals surface area (Å²) < 4.78 is 29.8. The Balaban J connectivity index is 1.60. The van der Waals surface area contributed by atoms with Crippen molar-refractivity contribution in [3.8, 4) is 5.75 Å². The molecule has 2 aliphatic rings. The SMILES string of the molecule is Cc1ccc(CCC(=O)c2nc3c(N4CCN(C)S4(=O)=O)cc(N4CCN(C)CC4)cn3c(=O)c2O)cc1. The number of anilines is 2. The summed E-state index contributed by atoms with van der Waals surface area (Å²) in [6.45, 7) is 5.43. The van der Waals surface area contributed by atoms with Crippen molar-refractivity contribution in [1.82, 2.24) is 18.6 Å². The zero-order chi connectivity index (χ0) is 27.2. The molecule has 2 aromatic heterocycles. The molecule has 1 aromatic carbocycles. The first-order chi connectivity index (χ1) is 18.1. The number of aryl methyl sites for hydroxylation is 2. The Morgan fingerprint density at radius 3 is 2.34 bits per heavy atom. The van der Waals surface area contributed by atoms with Crippen molar-refractivity contribution in [2.24, 2.45) is 0 Å². The highest BCUT2D eigenvalue weighted by Crippen LogP contribution is 2.32. The van der Waals surface area contributed by atoms with Gasteiger partial charge in [0.1, 0.15) is 0 Å². The standard InChI is InChI=1S/C26H32N6O5S/c1-18-4-6-19(7-5-18)8-9-22(33)23-24(34)26(35)31-17-20(30-13-10-28(2)11-14-30)16-21(25(31)27-23)32-15-12-29(3)38(32,36)37/h4-7,16-17,34H,8-15H2,1-3H3. The molecule has 2 fully saturated rings. The number of carbonyl (C=O) groups excluding carboxylic acids is 1. The predicted octanol–water partition coefficient (Wildman–Crippen LogP) is 1.27. The fraction of sp³-hybridized carbons (Fsp3) is 0.423. The van der Waals surface area contributed by atoms with E-state index in [-0.39, 0.29) is 36.5 Å². The van der Waals surface area contributed by atoms with Gasteiger partial charge in [-0.05, 0) is 32.0 Å². The van der Waals surface area contributed by atoms with Crippen LogP contribution in [0.3, 0.4) is 0 Å². The molecule has 5 rings (SSSR count). The molecule has 2 saturated heterocycles. The molecule has 38 heavy (non-hydrogen) atoms. The van der Waals surface area contributed by atoms with Crippen LogP contribution in [0.15, 0.2) is 41.3 Å². The number of likely N-dealkylation sites (N-methyl/N-ethyl adjacent to an activating group) is 2. The summed E-state index contributed by atoms with van der Waals surface area (Å²) in [5.74, 6) is -1.22. The summed E-state index contributed by atoms with van der Waals surface area (Å²) in [6, 6.07) is 9.47. The summed E-state index contributed by atoms with van der Waals surface area (Å²) in [6.07, 6.45) is 2.02. The quantitative estimate of drug-likeness (QED) is 0.465. The minimum absolute atomic E-state index is 0.0169. The van der Waals surface area contributed by atoms with Crippen molar-refractivity contribution >= 4 is 33.0 Å². The van der Waals surface area contributed by atoms with Crippen LogP contribution in [0.25, 0.3) is 5.65 Å². The van der Waals surface area contributed by atoms with Crippen molar-refractivity contribution < 1.29 is 18.3 Å². The number of fused-ring (bicyclic) bond motifs is 1. The Morgan fingerprint density at radius 2 is 1.71 bits per heavy atom. The second kappa shape index (κ2) is 10.0. The lowest BCUT2D eigenvalue weighted by atomic mass is 10.0. The molecule has 0 bridgehead atoms. The van der Waals surface area contributed by atoms with Crippen LogP contribution in [0.5, 0.6) is 5.75 Å². The van der Waals surface area contributed by atoms with Gasteiger partial charge in [-0.15, -0.1) is 0 Å². The third-order valence-corrected chi connectivity index (χ3v) is 9.23. The average Bonchev–Trinajstić information content (AvgIpc) is 3.17. The number of rotatable bonds is 6. The van der Waals surface area contributed by atoms with Crippen molar-refractivity contribution in [3.05, 3.63) is 63.7 Å². The third kappa shape index (κ3) is 4.74. The molecule has 2 aliphatic heterocycles. The Morgan fingerprint density at radius 1 is 1.03 bits per heavy atom. The average molecular weight is 541 g/mol. The van der Waals surface area contributed by atoms with E-state index in [9.17, 15) is 23.1 Å². The molecule has 11 nitrogen and oxygen atoms in total. The third-order valence-electron chi connectivity index (χ3n) is 7.32. The van der Waals surface area contributed by atoms with Crippen LogP contribution in [0.4, 0.5) is 11.4 Å². The zero-order valence-electron chi connectivity index (χ0n) is 21.8. The van der Waals surface area contributed by atoms with E-state index >= 15 is 0 Å². The van der Waals surface area contributed by atoms with Crippen LogP contribution in [-0.4, -0.2) is 91.3 Å². The number of ketones is 1. The lowest BCUT2D eigenvalue weighted by Crippen LogP contribution is -2.44. The van der Waals surface area contributed by atoms with Crippen LogP contribution in [0, 0.1) is 6.92 Å². The second-order valence-electron chi connectivity index (χ2n) is 9.99. The highest BCUT2D eigenvalue weighted by molar-refractivity contribution is 7.90. The summed E-state index contributed by atoms with van der Waals surface area (Å²) in [5.41, 5.74) is 1.76. The Bertz CT molecular complexity index is 1550. The molecule has 0 saturated carbocycles. The molecule has 1 N–H and O–H groups in total. The topological polar surface area (TPSA) is 119 Å². The van der Waals surface area contributed by atoms with Gasteiger partial charge in [0.2, 0.25) is 5.75 Å². The van der Waals surface area contributed by atoms with Gasteiger partial charge < -0.3 is 14.9 Å². The van der Waals surface area contributed by atoms with E-state index in [1.54, 1.807) is 12.3 Å². The fourth-order valence-corrected chi connectivity index (χ4v) is 6.16. The summed E-state index contributed by atoms with van der Waals surface area (Å²) in [5, 5.41) is 10.8. The number of benzene rings is 1. The number of aromatic nitrogens is 2. The number of nitrogens with zero attached hydrogens (tertiary/aromatic N) is 6. The van der Waals surface area contributed by atoms with Gasteiger partial charge in [-0.2, -0.15) is 12.7 Å². The van der Waals surface area contributed by atoms with Crippen molar-refractivity contribution in [2.75, 3.05) is 62.6 Å². The zero-order valence-corrected chi connectivity index (χ0v) is 22.6. The van der Waals surface area contributed by atoms with Crippen molar-refractivity contribution in [3.63, 3.8) is 0 Å². The molecule has 0 atom stereocenters. The molecule has 3 aromatic rings. The van der Waals surface area contributed by atoms with Gasteiger partial charge >= 0.3 is 15.8 Å². The van der Waals surface area contributed by atoms with Crippen molar-refractivity contribution in [1.29, 1.82) is 0 Å². The molecular weight excluding hydrogens is 508 g/mol. The van der Waals surface area contributed by atoms with Gasteiger partial charge in [-0.3, -0.25) is 18.3 Å². The number of Topliss-reactive ketones (excluding diaryl/α,β-unsaturated/α-hetero) is 1. The van der Waals surface area contributed by atoms with Crippen LogP contribution in [0.2, 0.25) is 0 Å². The Kier molecular flexibility index (Phi) is 6.88. The van der Waals surface area contributed by atoms with E-state index in [0.717, 1.165) is 28.6 Å². The first kappa shape index (κ1) is 26.1. The molecule has 0 unspecified atom stereocenters. The predicted molar refractivity (Wildman–Crippen MR) is 146 cm³/mol. The molecular formula is C26H32N6O5S. The lowest BCUT2D eigenvalue weighted by molar-refractivity contribution is 0.0975. The number of hydrogen-bond donors (Lipinski definition) is 1. The van der Waals surface area contributed by atoms with Gasteiger partial charge in [-0.1, -0.05) is 29.8 Å². The van der Waals surface area contributed by atoms with Gasteiger partial charge in [0.15, 0.2) is 17.1 Å². The first-order valence-corrected chi connectivity index (χ1v) is 14.0. The van der Waals surface area contributed by atoms with Gasteiger partial charge in [-0.25, -0.2) is 4.98 Å². The van der Waals surface area contributed by atoms with Crippen LogP contribution in [0.1, 0.15) is 28.0 Å². The molecule has 0 amide bonds. The first-order valence-electron chi connectivity index (χ1n) is 12.6. The Labute approximate surface area is 221 Å². The second-order valence-corrected chi connectivity index (χ2v) is 12.0.